The molecule has 3 aromatic carbocycles. The maximum Gasteiger partial charge on any atom is 0.339 e. The number of rotatable bonds is 8. The van der Waals surface area contributed by atoms with Gasteiger partial charge in [-0.2, -0.15) is 0 Å². The van der Waals surface area contributed by atoms with E-state index in [-0.39, 0.29) is 23.5 Å². The van der Waals surface area contributed by atoms with Gasteiger partial charge >= 0.3 is 5.69 Å². The average Bonchev–Trinajstić information content (AvgIpc) is 3.25. The van der Waals surface area contributed by atoms with Crippen molar-refractivity contribution in [2.24, 2.45) is 0 Å². The molecule has 2 heterocycles. The van der Waals surface area contributed by atoms with E-state index in [2.05, 4.69) is 20.6 Å². The fourth-order valence-corrected chi connectivity index (χ4v) is 4.04. The monoisotopic (exact) mass is 521 g/mol. The second kappa shape index (κ2) is 11.0. The Morgan fingerprint density at radius 1 is 0.949 bits per heavy atom. The van der Waals surface area contributed by atoms with E-state index in [0.29, 0.717) is 39.7 Å². The van der Waals surface area contributed by atoms with Gasteiger partial charge in [0, 0.05) is 17.8 Å². The molecule has 39 heavy (non-hydrogen) atoms. The highest BCUT2D eigenvalue weighted by atomic mass is 16.5. The molecule has 1 atom stereocenters. The number of imidazole rings is 1. The van der Waals surface area contributed by atoms with Gasteiger partial charge in [0.2, 0.25) is 5.91 Å². The maximum absolute atomic E-state index is 13.8. The van der Waals surface area contributed by atoms with Gasteiger partial charge in [-0.3, -0.25) is 9.36 Å². The summed E-state index contributed by atoms with van der Waals surface area (Å²) in [6, 6.07) is 23.5. The minimum absolute atomic E-state index is 0.0518. The van der Waals surface area contributed by atoms with Gasteiger partial charge in [-0.25, -0.2) is 19.3 Å². The highest BCUT2D eigenvalue weighted by molar-refractivity contribution is 5.99. The molecule has 10 nitrogen and oxygen atoms in total. The molecule has 5 rings (SSSR count). The third-order valence-electron chi connectivity index (χ3n) is 6.09. The number of aromatic nitrogens is 4. The molecule has 0 saturated carbocycles. The zero-order valence-corrected chi connectivity index (χ0v) is 21.4. The Bertz CT molecular complexity index is 1710. The van der Waals surface area contributed by atoms with Crippen molar-refractivity contribution in [2.45, 2.75) is 13.0 Å². The number of amides is 1. The van der Waals surface area contributed by atoms with E-state index < -0.39 is 0 Å². The standard InChI is InChI=1S/C29H27N7O3/c1-19(31-2)11-16-25(37)34-20-7-6-8-22(17-20)36-28-26(27(30)32-18-33-28)35(29(36)38)21-12-14-24(15-13-21)39-23-9-4-3-5-10-23/h3-19,31H,1-2H3,(H,34,37)(H2,30,32,33)/b16-11+. The van der Waals surface area contributed by atoms with Gasteiger partial charge in [0.15, 0.2) is 11.5 Å². The number of hydrogen-bond donors (Lipinski definition) is 3. The van der Waals surface area contributed by atoms with E-state index in [1.807, 2.05) is 44.3 Å². The molecule has 0 aliphatic carbocycles. The molecule has 10 heteroatoms. The van der Waals surface area contributed by atoms with Crippen molar-refractivity contribution in [3.63, 3.8) is 0 Å². The Kier molecular flexibility index (Phi) is 7.19. The normalized spacial score (nSPS) is 12.1. The molecule has 4 N–H and O–H groups in total. The van der Waals surface area contributed by atoms with Crippen LogP contribution in [-0.4, -0.2) is 38.1 Å². The van der Waals surface area contributed by atoms with Crippen LogP contribution in [0.25, 0.3) is 22.5 Å². The smallest absolute Gasteiger partial charge is 0.339 e. The van der Waals surface area contributed by atoms with Crippen LogP contribution in [-0.2, 0) is 4.79 Å². The van der Waals surface area contributed by atoms with E-state index in [1.54, 1.807) is 54.6 Å². The number of fused-ring (bicyclic) bond motifs is 1. The number of nitrogen functional groups attached to an aromatic ring is 1. The molecule has 0 aliphatic heterocycles. The Morgan fingerprint density at radius 3 is 2.44 bits per heavy atom. The van der Waals surface area contributed by atoms with Crippen molar-refractivity contribution in [3.05, 3.63) is 108 Å². The summed E-state index contributed by atoms with van der Waals surface area (Å²) >= 11 is 0. The van der Waals surface area contributed by atoms with Crippen molar-refractivity contribution in [1.82, 2.24) is 24.4 Å². The van der Waals surface area contributed by atoms with Gasteiger partial charge in [0.25, 0.3) is 0 Å². The van der Waals surface area contributed by atoms with E-state index in [9.17, 15) is 9.59 Å². The van der Waals surface area contributed by atoms with Crippen LogP contribution < -0.4 is 26.8 Å². The SMILES string of the molecule is CNC(C)/C=C/C(=O)Nc1cccc(-n2c(=O)n(-c3ccc(Oc4ccccc4)cc3)c3c(N)ncnc32)c1. The van der Waals surface area contributed by atoms with Gasteiger partial charge < -0.3 is 21.1 Å². The molecule has 0 bridgehead atoms. The van der Waals surface area contributed by atoms with E-state index in [0.717, 1.165) is 0 Å². The molecule has 0 saturated heterocycles. The molecule has 0 spiro atoms. The van der Waals surface area contributed by atoms with Crippen LogP contribution in [0.4, 0.5) is 11.5 Å². The molecular formula is C29H27N7O3. The zero-order valence-electron chi connectivity index (χ0n) is 21.4. The number of hydrogen-bond acceptors (Lipinski definition) is 7. The van der Waals surface area contributed by atoms with E-state index in [1.165, 1.54) is 21.5 Å². The summed E-state index contributed by atoms with van der Waals surface area (Å²) < 4.78 is 8.79. The number of nitrogens with one attached hydrogen (secondary N) is 2. The number of carbonyl (C=O) groups is 1. The fraction of sp³-hybridized carbons (Fsp3) is 0.103. The lowest BCUT2D eigenvalue weighted by atomic mass is 10.2. The van der Waals surface area contributed by atoms with Crippen molar-refractivity contribution in [3.8, 4) is 22.9 Å². The largest absolute Gasteiger partial charge is 0.457 e. The van der Waals surface area contributed by atoms with Crippen molar-refractivity contribution in [1.29, 1.82) is 0 Å². The topological polar surface area (TPSA) is 129 Å². The lowest BCUT2D eigenvalue weighted by Crippen LogP contribution is -2.22. The molecule has 0 fully saturated rings. The molecule has 0 radical (unpaired) electrons. The number of para-hydroxylation sites is 1. The average molecular weight is 522 g/mol. The van der Waals surface area contributed by atoms with Crippen LogP contribution in [0.1, 0.15) is 6.92 Å². The first kappa shape index (κ1) is 25.4. The second-order valence-corrected chi connectivity index (χ2v) is 8.77. The van der Waals surface area contributed by atoms with Crippen LogP contribution >= 0.6 is 0 Å². The third kappa shape index (κ3) is 5.41. The molecule has 0 aliphatic rings. The second-order valence-electron chi connectivity index (χ2n) is 8.77. The fourth-order valence-electron chi connectivity index (χ4n) is 4.04. The summed E-state index contributed by atoms with van der Waals surface area (Å²) in [6.45, 7) is 1.93. The first-order valence-corrected chi connectivity index (χ1v) is 12.3. The summed E-state index contributed by atoms with van der Waals surface area (Å²) in [6.07, 6.45) is 4.53. The summed E-state index contributed by atoms with van der Waals surface area (Å²) in [7, 11) is 1.81. The van der Waals surface area contributed by atoms with E-state index in [4.69, 9.17) is 10.5 Å². The highest BCUT2D eigenvalue weighted by Crippen LogP contribution is 2.26. The Balaban J connectivity index is 1.52. The highest BCUT2D eigenvalue weighted by Gasteiger charge is 2.20. The quantitative estimate of drug-likeness (QED) is 0.263. The molecule has 5 aromatic rings. The Labute approximate surface area is 224 Å². The molecule has 2 aromatic heterocycles. The number of nitrogens with zero attached hydrogens (tertiary/aromatic N) is 4. The number of ether oxygens (including phenoxy) is 1. The predicted molar refractivity (Wildman–Crippen MR) is 152 cm³/mol. The van der Waals surface area contributed by atoms with Crippen molar-refractivity contribution in [2.75, 3.05) is 18.1 Å². The third-order valence-corrected chi connectivity index (χ3v) is 6.09. The first-order chi connectivity index (χ1) is 18.9. The Hall–Kier alpha value is -5.22. The van der Waals surface area contributed by atoms with Gasteiger partial charge in [0.05, 0.1) is 11.4 Å². The van der Waals surface area contributed by atoms with Crippen LogP contribution in [0, 0.1) is 0 Å². The zero-order chi connectivity index (χ0) is 27.4. The van der Waals surface area contributed by atoms with Crippen LogP contribution in [0.5, 0.6) is 11.5 Å². The lowest BCUT2D eigenvalue weighted by Gasteiger charge is -2.08. The minimum Gasteiger partial charge on any atom is -0.457 e. The minimum atomic E-state index is -0.389. The van der Waals surface area contributed by atoms with Gasteiger partial charge in [-0.1, -0.05) is 30.3 Å². The predicted octanol–water partition coefficient (Wildman–Crippen LogP) is 4.05. The lowest BCUT2D eigenvalue weighted by molar-refractivity contribution is -0.111. The Morgan fingerprint density at radius 2 is 1.69 bits per heavy atom. The van der Waals surface area contributed by atoms with Crippen molar-refractivity contribution < 1.29 is 9.53 Å². The van der Waals surface area contributed by atoms with Gasteiger partial charge in [-0.05, 0) is 68.6 Å². The number of anilines is 2. The maximum atomic E-state index is 13.8. The number of likely N-dealkylation sites (N-methyl/N-ethyl adjacent to an activating group) is 1. The molecule has 1 unspecified atom stereocenters. The van der Waals surface area contributed by atoms with Gasteiger partial charge in [0.1, 0.15) is 23.3 Å². The van der Waals surface area contributed by atoms with Crippen LogP contribution in [0.2, 0.25) is 0 Å². The summed E-state index contributed by atoms with van der Waals surface area (Å²) in [5, 5.41) is 5.86. The summed E-state index contributed by atoms with van der Waals surface area (Å²) in [4.78, 5) is 34.7. The molecule has 196 valence electrons. The summed E-state index contributed by atoms with van der Waals surface area (Å²) in [5.74, 6) is 1.20. The van der Waals surface area contributed by atoms with Crippen LogP contribution in [0.15, 0.2) is 102 Å². The number of benzene rings is 3. The number of nitrogens with two attached hydrogens (primary N) is 1. The van der Waals surface area contributed by atoms with E-state index >= 15 is 0 Å². The molecular weight excluding hydrogens is 494 g/mol. The summed E-state index contributed by atoms with van der Waals surface area (Å²) in [5.41, 5.74) is 8.16. The number of carbonyl (C=O) groups excluding carboxylic acids is 1. The first-order valence-electron chi connectivity index (χ1n) is 12.3. The van der Waals surface area contributed by atoms with Crippen LogP contribution in [0.3, 0.4) is 0 Å². The van der Waals surface area contributed by atoms with Gasteiger partial charge in [-0.15, -0.1) is 0 Å². The molecule has 1 amide bonds. The van der Waals surface area contributed by atoms with Crippen molar-refractivity contribution >= 4 is 28.6 Å².